The molecule has 2 saturated heterocycles. The molecular formula is C15H22N2O6. The van der Waals surface area contributed by atoms with Crippen LogP contribution in [0.4, 0.5) is 0 Å². The molecule has 2 aliphatic rings. The third kappa shape index (κ3) is 4.22. The van der Waals surface area contributed by atoms with Crippen LogP contribution in [0, 0.1) is 5.92 Å². The number of aromatic amines is 1. The van der Waals surface area contributed by atoms with Crippen LogP contribution in [0.25, 0.3) is 0 Å². The molecule has 8 heteroatoms. The van der Waals surface area contributed by atoms with E-state index >= 15 is 0 Å². The SMILES string of the molecule is O=C(CCc1cc(=O)[nH]o1)N1[C@@H]2CC[C@H]1CC(CO)C2.O=CO. The van der Waals surface area contributed by atoms with E-state index in [-0.39, 0.29) is 36.6 Å². The Bertz CT molecular complexity index is 567. The van der Waals surface area contributed by atoms with Crippen molar-refractivity contribution in [3.63, 3.8) is 0 Å². The lowest BCUT2D eigenvalue weighted by Crippen LogP contribution is -2.47. The van der Waals surface area contributed by atoms with Crippen LogP contribution in [0.2, 0.25) is 0 Å². The predicted octanol–water partition coefficient (Wildman–Crippen LogP) is 0.363. The Labute approximate surface area is 133 Å². The lowest BCUT2D eigenvalue weighted by atomic mass is 9.91. The van der Waals surface area contributed by atoms with Crippen molar-refractivity contribution in [2.45, 2.75) is 50.6 Å². The van der Waals surface area contributed by atoms with Crippen LogP contribution in [-0.4, -0.2) is 51.3 Å². The maximum absolute atomic E-state index is 12.4. The number of carbonyl (C=O) groups is 2. The molecule has 3 heterocycles. The van der Waals surface area contributed by atoms with E-state index in [9.17, 15) is 14.7 Å². The Morgan fingerprint density at radius 3 is 2.48 bits per heavy atom. The minimum absolute atomic E-state index is 0.137. The van der Waals surface area contributed by atoms with E-state index in [0.717, 1.165) is 25.7 Å². The zero-order valence-corrected chi connectivity index (χ0v) is 12.8. The summed E-state index contributed by atoms with van der Waals surface area (Å²) in [5.41, 5.74) is -0.267. The highest BCUT2D eigenvalue weighted by atomic mass is 16.5. The van der Waals surface area contributed by atoms with E-state index in [2.05, 4.69) is 5.16 Å². The fraction of sp³-hybridized carbons (Fsp3) is 0.667. The monoisotopic (exact) mass is 326 g/mol. The first-order chi connectivity index (χ1) is 11.1. The van der Waals surface area contributed by atoms with E-state index < -0.39 is 0 Å². The van der Waals surface area contributed by atoms with Gasteiger partial charge in [-0.3, -0.25) is 14.4 Å². The lowest BCUT2D eigenvalue weighted by Gasteiger charge is -2.38. The number of nitrogens with zero attached hydrogens (tertiary/aromatic N) is 1. The molecule has 3 rings (SSSR count). The first-order valence-corrected chi connectivity index (χ1v) is 7.76. The van der Waals surface area contributed by atoms with Gasteiger partial charge in [0.05, 0.1) is 0 Å². The number of hydrogen-bond donors (Lipinski definition) is 3. The molecule has 3 atom stereocenters. The van der Waals surface area contributed by atoms with Crippen LogP contribution in [0.1, 0.15) is 37.9 Å². The minimum atomic E-state index is -0.267. The predicted molar refractivity (Wildman–Crippen MR) is 79.8 cm³/mol. The molecule has 2 aliphatic heterocycles. The van der Waals surface area contributed by atoms with Gasteiger partial charge < -0.3 is 19.6 Å². The smallest absolute Gasteiger partial charge is 0.290 e. The molecule has 3 N–H and O–H groups in total. The van der Waals surface area contributed by atoms with Gasteiger partial charge in [0.1, 0.15) is 5.76 Å². The zero-order chi connectivity index (χ0) is 16.8. The number of nitrogens with one attached hydrogen (secondary N) is 1. The molecule has 1 amide bonds. The van der Waals surface area contributed by atoms with Crippen molar-refractivity contribution in [3.8, 4) is 0 Å². The Balaban J connectivity index is 0.000000595. The number of carboxylic acid groups (broad SMARTS) is 1. The number of aliphatic hydroxyl groups excluding tert-OH is 1. The van der Waals surface area contributed by atoms with Gasteiger partial charge in [-0.15, -0.1) is 0 Å². The molecule has 0 aliphatic carbocycles. The summed E-state index contributed by atoms with van der Waals surface area (Å²) >= 11 is 0. The van der Waals surface area contributed by atoms with Gasteiger partial charge in [-0.2, -0.15) is 5.16 Å². The van der Waals surface area contributed by atoms with E-state index in [1.165, 1.54) is 6.07 Å². The van der Waals surface area contributed by atoms with Crippen molar-refractivity contribution in [3.05, 3.63) is 22.2 Å². The molecule has 1 aromatic rings. The Morgan fingerprint density at radius 2 is 2.00 bits per heavy atom. The number of hydrogen-bond acceptors (Lipinski definition) is 5. The van der Waals surface area contributed by atoms with Crippen molar-refractivity contribution in [2.75, 3.05) is 6.61 Å². The minimum Gasteiger partial charge on any atom is -0.483 e. The van der Waals surface area contributed by atoms with Gasteiger partial charge in [-0.25, -0.2) is 0 Å². The standard InChI is InChI=1S/C14H20N2O4.CH2O2/c17-8-9-5-10-1-2-11(6-9)16(10)14(19)4-3-12-7-13(18)15-20-12;2-1-3/h7,9-11,17H,1-6,8H2,(H,15,18);1H,(H,2,3)/t9?,10-,11+;. The Morgan fingerprint density at radius 1 is 1.39 bits per heavy atom. The Kier molecular flexibility index (Phi) is 5.97. The molecule has 2 bridgehead atoms. The molecule has 0 saturated carbocycles. The van der Waals surface area contributed by atoms with Crippen LogP contribution in [0.15, 0.2) is 15.4 Å². The number of H-pyrrole nitrogens is 1. The number of aromatic nitrogens is 1. The van der Waals surface area contributed by atoms with Crippen LogP contribution in [0.3, 0.4) is 0 Å². The third-order valence-electron chi connectivity index (χ3n) is 4.54. The quantitative estimate of drug-likeness (QED) is 0.686. The highest BCUT2D eigenvalue weighted by molar-refractivity contribution is 5.77. The fourth-order valence-corrected chi connectivity index (χ4v) is 3.65. The number of fused-ring (bicyclic) bond motifs is 2. The number of amides is 1. The summed E-state index contributed by atoms with van der Waals surface area (Å²) in [5.74, 6) is 1.01. The van der Waals surface area contributed by atoms with E-state index in [1.807, 2.05) is 4.90 Å². The van der Waals surface area contributed by atoms with Crippen LogP contribution in [-0.2, 0) is 16.0 Å². The van der Waals surface area contributed by atoms with Crippen LogP contribution >= 0.6 is 0 Å². The molecular weight excluding hydrogens is 304 g/mol. The molecule has 8 nitrogen and oxygen atoms in total. The lowest BCUT2D eigenvalue weighted by molar-refractivity contribution is -0.136. The first-order valence-electron chi connectivity index (χ1n) is 7.76. The summed E-state index contributed by atoms with van der Waals surface area (Å²) in [4.78, 5) is 33.7. The maximum atomic E-state index is 12.4. The zero-order valence-electron chi connectivity index (χ0n) is 12.8. The molecule has 1 aromatic heterocycles. The third-order valence-corrected chi connectivity index (χ3v) is 4.54. The molecule has 2 fully saturated rings. The molecule has 128 valence electrons. The topological polar surface area (TPSA) is 124 Å². The van der Waals surface area contributed by atoms with Gasteiger partial charge in [-0.05, 0) is 31.6 Å². The number of aliphatic hydroxyl groups is 1. The molecule has 1 unspecified atom stereocenters. The molecule has 0 aromatic carbocycles. The van der Waals surface area contributed by atoms with Crippen LogP contribution in [0.5, 0.6) is 0 Å². The average molecular weight is 326 g/mol. The number of aryl methyl sites for hydroxylation is 1. The second-order valence-electron chi connectivity index (χ2n) is 5.99. The van der Waals surface area contributed by atoms with Crippen LogP contribution < -0.4 is 5.56 Å². The van der Waals surface area contributed by atoms with Gasteiger partial charge in [0.15, 0.2) is 0 Å². The van der Waals surface area contributed by atoms with Crippen molar-refractivity contribution >= 4 is 12.4 Å². The number of piperidine rings is 1. The normalized spacial score (nSPS) is 25.6. The fourth-order valence-electron chi connectivity index (χ4n) is 3.65. The van der Waals surface area contributed by atoms with E-state index in [0.29, 0.717) is 24.5 Å². The van der Waals surface area contributed by atoms with E-state index in [4.69, 9.17) is 14.4 Å². The van der Waals surface area contributed by atoms with Crippen molar-refractivity contribution in [2.24, 2.45) is 5.92 Å². The van der Waals surface area contributed by atoms with Crippen molar-refractivity contribution in [1.82, 2.24) is 10.1 Å². The summed E-state index contributed by atoms with van der Waals surface area (Å²) in [6, 6.07) is 1.97. The van der Waals surface area contributed by atoms with Gasteiger partial charge in [-0.1, -0.05) is 0 Å². The van der Waals surface area contributed by atoms with Gasteiger partial charge in [0, 0.05) is 37.6 Å². The highest BCUT2D eigenvalue weighted by Crippen LogP contribution is 2.38. The van der Waals surface area contributed by atoms with Gasteiger partial charge in [0.2, 0.25) is 5.91 Å². The summed E-state index contributed by atoms with van der Waals surface area (Å²) in [7, 11) is 0. The average Bonchev–Trinajstić information content (AvgIpc) is 3.06. The number of rotatable bonds is 4. The summed E-state index contributed by atoms with van der Waals surface area (Å²) in [6.45, 7) is -0.0243. The second kappa shape index (κ2) is 7.96. The maximum Gasteiger partial charge on any atom is 0.290 e. The van der Waals surface area contributed by atoms with E-state index in [1.54, 1.807) is 0 Å². The summed E-state index contributed by atoms with van der Waals surface area (Å²) in [6.07, 6.45) is 4.75. The first kappa shape index (κ1) is 17.3. The van der Waals surface area contributed by atoms with Crippen molar-refractivity contribution in [1.29, 1.82) is 0 Å². The largest absolute Gasteiger partial charge is 0.483 e. The molecule has 0 radical (unpaired) electrons. The molecule has 0 spiro atoms. The summed E-state index contributed by atoms with van der Waals surface area (Å²) < 4.78 is 4.96. The second-order valence-corrected chi connectivity index (χ2v) is 5.99. The highest BCUT2D eigenvalue weighted by Gasteiger charge is 2.42. The number of carbonyl (C=O) groups excluding carboxylic acids is 1. The van der Waals surface area contributed by atoms with Gasteiger partial charge in [0.25, 0.3) is 12.0 Å². The van der Waals surface area contributed by atoms with Gasteiger partial charge >= 0.3 is 0 Å². The van der Waals surface area contributed by atoms with Crippen molar-refractivity contribution < 1.29 is 24.3 Å². The summed E-state index contributed by atoms with van der Waals surface area (Å²) in [5, 5.41) is 18.4. The molecule has 23 heavy (non-hydrogen) atoms. The Hall–Kier alpha value is -2.09.